The van der Waals surface area contributed by atoms with Crippen LogP contribution >= 0.6 is 7.75 Å². The van der Waals surface area contributed by atoms with Gasteiger partial charge in [0.1, 0.15) is 17.9 Å². The van der Waals surface area contributed by atoms with Gasteiger partial charge in [0, 0.05) is 5.39 Å². The SMILES string of the molecule is C[C@H](NP(=O)(Oc1c(F)c(F)c(F)c(F)c1F)Oc1cccc2ccccc12)C(=O)OC1CCCCC1. The van der Waals surface area contributed by atoms with Crippen LogP contribution in [0.4, 0.5) is 22.0 Å². The standard InChI is InChI=1S/C25H23F5NO5P/c1-14(25(32)34-16-10-3-2-4-11-16)31-37(33,35-18-13-7-9-15-8-5-6-12-17(15)18)36-24-22(29)20(27)19(26)21(28)23(24)30/h5-9,12-14,16H,2-4,10-11H2,1H3,(H,31,33)/t14-,37?/m0/s1. The van der Waals surface area contributed by atoms with Crippen molar-refractivity contribution < 1.29 is 45.1 Å². The highest BCUT2D eigenvalue weighted by atomic mass is 31.2. The average molecular weight is 543 g/mol. The minimum absolute atomic E-state index is 0.0920. The van der Waals surface area contributed by atoms with Gasteiger partial charge in [-0.05, 0) is 44.1 Å². The zero-order valence-corrected chi connectivity index (χ0v) is 20.5. The maximum Gasteiger partial charge on any atom is 0.513 e. The number of nitrogens with one attached hydrogen (secondary N) is 1. The molecular weight excluding hydrogens is 520 g/mol. The molecule has 0 amide bonds. The lowest BCUT2D eigenvalue weighted by Gasteiger charge is -2.26. The summed E-state index contributed by atoms with van der Waals surface area (Å²) in [5, 5.41) is 3.26. The first-order chi connectivity index (χ1) is 17.6. The monoisotopic (exact) mass is 543 g/mol. The molecule has 1 aliphatic rings. The van der Waals surface area contributed by atoms with E-state index in [2.05, 4.69) is 5.09 Å². The summed E-state index contributed by atoms with van der Waals surface area (Å²) in [7, 11) is -5.03. The molecule has 0 bridgehead atoms. The smallest absolute Gasteiger partial charge is 0.461 e. The van der Waals surface area contributed by atoms with Crippen LogP contribution in [-0.2, 0) is 14.1 Å². The van der Waals surface area contributed by atoms with Gasteiger partial charge < -0.3 is 13.8 Å². The molecule has 198 valence electrons. The van der Waals surface area contributed by atoms with E-state index in [1.807, 2.05) is 0 Å². The van der Waals surface area contributed by atoms with E-state index in [9.17, 15) is 31.3 Å². The molecule has 12 heteroatoms. The molecule has 0 radical (unpaired) electrons. The first kappa shape index (κ1) is 26.9. The van der Waals surface area contributed by atoms with Crippen molar-refractivity contribution in [2.45, 2.75) is 51.2 Å². The molecule has 0 spiro atoms. The molecule has 0 saturated heterocycles. The summed E-state index contributed by atoms with van der Waals surface area (Å²) in [6.07, 6.45) is 3.66. The molecule has 1 saturated carbocycles. The minimum atomic E-state index is -5.03. The Labute approximate surface area is 209 Å². The van der Waals surface area contributed by atoms with Crippen LogP contribution in [0.1, 0.15) is 39.0 Å². The van der Waals surface area contributed by atoms with E-state index >= 15 is 0 Å². The van der Waals surface area contributed by atoms with Gasteiger partial charge in [-0.25, -0.2) is 17.7 Å². The Balaban J connectivity index is 1.69. The van der Waals surface area contributed by atoms with Crippen LogP contribution in [-0.4, -0.2) is 18.1 Å². The number of fused-ring (bicyclic) bond motifs is 1. The van der Waals surface area contributed by atoms with Gasteiger partial charge in [-0.2, -0.15) is 13.9 Å². The van der Waals surface area contributed by atoms with Gasteiger partial charge >= 0.3 is 13.7 Å². The molecule has 1 N–H and O–H groups in total. The van der Waals surface area contributed by atoms with Gasteiger partial charge in [0.25, 0.3) is 0 Å². The Bertz CT molecular complexity index is 1330. The topological polar surface area (TPSA) is 73.9 Å². The molecule has 1 aliphatic carbocycles. The summed E-state index contributed by atoms with van der Waals surface area (Å²) in [5.74, 6) is -14.5. The number of carbonyl (C=O) groups is 1. The summed E-state index contributed by atoms with van der Waals surface area (Å²) < 4.78 is 99.5. The second-order valence-electron chi connectivity index (χ2n) is 8.60. The minimum Gasteiger partial charge on any atom is -0.461 e. The largest absolute Gasteiger partial charge is 0.513 e. The Morgan fingerprint density at radius 2 is 1.46 bits per heavy atom. The average Bonchev–Trinajstić information content (AvgIpc) is 2.89. The third-order valence-electron chi connectivity index (χ3n) is 5.89. The number of carbonyl (C=O) groups excluding carboxylic acids is 1. The van der Waals surface area contributed by atoms with Crippen molar-refractivity contribution >= 4 is 24.5 Å². The first-order valence-corrected chi connectivity index (χ1v) is 13.1. The quantitative estimate of drug-likeness (QED) is 0.109. The number of ether oxygens (including phenoxy) is 1. The number of hydrogen-bond acceptors (Lipinski definition) is 5. The fourth-order valence-corrected chi connectivity index (χ4v) is 5.54. The summed E-state index contributed by atoms with van der Waals surface area (Å²) in [6.45, 7) is 1.24. The van der Waals surface area contributed by atoms with Crippen molar-refractivity contribution in [3.05, 3.63) is 71.6 Å². The van der Waals surface area contributed by atoms with Gasteiger partial charge in [0.05, 0.1) is 0 Å². The molecule has 0 aromatic heterocycles. The lowest BCUT2D eigenvalue weighted by molar-refractivity contribution is -0.152. The molecular formula is C25H23F5NO5P. The van der Waals surface area contributed by atoms with E-state index < -0.39 is 54.6 Å². The normalized spacial score (nSPS) is 16.7. The summed E-state index contributed by atoms with van der Waals surface area (Å²) in [4.78, 5) is 12.7. The zero-order chi connectivity index (χ0) is 26.7. The second kappa shape index (κ2) is 11.1. The van der Waals surface area contributed by atoms with E-state index in [1.165, 1.54) is 19.1 Å². The number of hydrogen-bond donors (Lipinski definition) is 1. The van der Waals surface area contributed by atoms with Gasteiger partial charge in [-0.3, -0.25) is 4.79 Å². The van der Waals surface area contributed by atoms with E-state index in [1.54, 1.807) is 30.3 Å². The molecule has 0 aliphatic heterocycles. The van der Waals surface area contributed by atoms with Gasteiger partial charge in [0.15, 0.2) is 0 Å². The van der Waals surface area contributed by atoms with Crippen LogP contribution in [0, 0.1) is 29.1 Å². The molecule has 4 rings (SSSR count). The van der Waals surface area contributed by atoms with Crippen molar-refractivity contribution in [3.8, 4) is 11.5 Å². The van der Waals surface area contributed by atoms with Crippen LogP contribution in [0.25, 0.3) is 10.8 Å². The van der Waals surface area contributed by atoms with E-state index in [4.69, 9.17) is 13.8 Å². The van der Waals surface area contributed by atoms with Crippen molar-refractivity contribution in [1.29, 1.82) is 0 Å². The van der Waals surface area contributed by atoms with Gasteiger partial charge in [0.2, 0.25) is 34.8 Å². The highest BCUT2D eigenvalue weighted by molar-refractivity contribution is 7.52. The lowest BCUT2D eigenvalue weighted by Crippen LogP contribution is -2.38. The van der Waals surface area contributed by atoms with Crippen LogP contribution in [0.3, 0.4) is 0 Å². The van der Waals surface area contributed by atoms with Crippen LogP contribution in [0.15, 0.2) is 42.5 Å². The molecule has 3 aromatic rings. The Hall–Kier alpha value is -3.17. The Kier molecular flexibility index (Phi) is 8.04. The Morgan fingerprint density at radius 1 is 0.865 bits per heavy atom. The predicted octanol–water partition coefficient (Wildman–Crippen LogP) is 6.96. The third-order valence-corrected chi connectivity index (χ3v) is 7.45. The molecule has 0 heterocycles. The van der Waals surface area contributed by atoms with E-state index in [-0.39, 0.29) is 11.9 Å². The van der Waals surface area contributed by atoms with E-state index in [0.717, 1.165) is 19.3 Å². The molecule has 6 nitrogen and oxygen atoms in total. The zero-order valence-electron chi connectivity index (χ0n) is 19.6. The van der Waals surface area contributed by atoms with Crippen LogP contribution in [0.2, 0.25) is 0 Å². The maximum absolute atomic E-state index is 14.4. The van der Waals surface area contributed by atoms with Crippen LogP contribution < -0.4 is 14.1 Å². The second-order valence-corrected chi connectivity index (χ2v) is 10.2. The molecule has 37 heavy (non-hydrogen) atoms. The maximum atomic E-state index is 14.4. The number of rotatable bonds is 8. The van der Waals surface area contributed by atoms with Gasteiger partial charge in [-0.15, -0.1) is 0 Å². The molecule has 2 atom stereocenters. The highest BCUT2D eigenvalue weighted by Gasteiger charge is 2.39. The highest BCUT2D eigenvalue weighted by Crippen LogP contribution is 2.49. The van der Waals surface area contributed by atoms with Crippen molar-refractivity contribution in [2.24, 2.45) is 0 Å². The van der Waals surface area contributed by atoms with Crippen molar-refractivity contribution in [3.63, 3.8) is 0 Å². The van der Waals surface area contributed by atoms with E-state index in [0.29, 0.717) is 23.6 Å². The van der Waals surface area contributed by atoms with Gasteiger partial charge in [-0.1, -0.05) is 42.8 Å². The predicted molar refractivity (Wildman–Crippen MR) is 125 cm³/mol. The molecule has 3 aromatic carbocycles. The summed E-state index contributed by atoms with van der Waals surface area (Å²) in [5.41, 5.74) is 0. The molecule has 1 fully saturated rings. The Morgan fingerprint density at radius 3 is 2.14 bits per heavy atom. The van der Waals surface area contributed by atoms with Crippen molar-refractivity contribution in [2.75, 3.05) is 0 Å². The number of benzene rings is 3. The third kappa shape index (κ3) is 5.88. The van der Waals surface area contributed by atoms with Crippen LogP contribution in [0.5, 0.6) is 11.5 Å². The lowest BCUT2D eigenvalue weighted by atomic mass is 9.98. The number of esters is 1. The number of halogens is 5. The van der Waals surface area contributed by atoms with Crippen molar-refractivity contribution in [1.82, 2.24) is 5.09 Å². The fraction of sp³-hybridized carbons (Fsp3) is 0.320. The summed E-state index contributed by atoms with van der Waals surface area (Å²) >= 11 is 0. The fourth-order valence-electron chi connectivity index (χ4n) is 4.00. The molecule has 1 unspecified atom stereocenters. The summed E-state index contributed by atoms with van der Waals surface area (Å²) in [6, 6.07) is 9.86. The first-order valence-electron chi connectivity index (χ1n) is 11.6.